The van der Waals surface area contributed by atoms with Crippen molar-refractivity contribution in [2.45, 2.75) is 0 Å². The van der Waals surface area contributed by atoms with Crippen molar-refractivity contribution < 1.29 is 25.6 Å². The summed E-state index contributed by atoms with van der Waals surface area (Å²) in [5, 5.41) is 1.10. The van der Waals surface area contributed by atoms with Gasteiger partial charge in [-0.05, 0) is 11.5 Å². The van der Waals surface area contributed by atoms with Crippen molar-refractivity contribution in [3.63, 3.8) is 0 Å². The van der Waals surface area contributed by atoms with E-state index in [9.17, 15) is 16.8 Å². The fourth-order valence-corrected chi connectivity index (χ4v) is 2.35. The Bertz CT molecular complexity index is 792. The Morgan fingerprint density at radius 3 is 2.11 bits per heavy atom. The molecule has 0 aliphatic heterocycles. The predicted molar refractivity (Wildman–Crippen MR) is 72.2 cm³/mol. The molecule has 0 saturated carbocycles. The quantitative estimate of drug-likeness (QED) is 0.509. The van der Waals surface area contributed by atoms with E-state index in [1.165, 1.54) is 12.1 Å². The van der Waals surface area contributed by atoms with E-state index >= 15 is 0 Å². The minimum atomic E-state index is -5.32. The van der Waals surface area contributed by atoms with Gasteiger partial charge in [-0.3, -0.25) is 4.55 Å². The Morgan fingerprint density at radius 2 is 1.47 bits per heavy atom. The van der Waals surface area contributed by atoms with E-state index in [-0.39, 0.29) is 35.3 Å². The number of hydrogen-bond donors (Lipinski definition) is 1. The van der Waals surface area contributed by atoms with Crippen molar-refractivity contribution in [1.29, 1.82) is 0 Å². The number of hydrogen-bond acceptors (Lipinski definition) is 5. The van der Waals surface area contributed by atoms with Gasteiger partial charge in [0, 0.05) is 5.39 Å². The van der Waals surface area contributed by atoms with Crippen molar-refractivity contribution >= 4 is 58.6 Å². The first-order valence-electron chi connectivity index (χ1n) is 4.71. The second kappa shape index (κ2) is 5.78. The average Bonchev–Trinajstić information content (AvgIpc) is 2.27. The molecular formula is C10H9NaO6S2. The van der Waals surface area contributed by atoms with Crippen LogP contribution in [0.2, 0.25) is 0 Å². The van der Waals surface area contributed by atoms with Crippen LogP contribution in [0.4, 0.5) is 0 Å². The van der Waals surface area contributed by atoms with Crippen LogP contribution in [-0.2, 0) is 18.3 Å². The summed E-state index contributed by atoms with van der Waals surface area (Å²) in [7, 11) is -10.4. The van der Waals surface area contributed by atoms with Gasteiger partial charge < -0.3 is 4.18 Å². The summed E-state index contributed by atoms with van der Waals surface area (Å²) in [6, 6.07) is 11.2. The zero-order valence-electron chi connectivity index (χ0n) is 8.85. The summed E-state index contributed by atoms with van der Waals surface area (Å²) >= 11 is 0. The Kier molecular flexibility index (Phi) is 4.99. The van der Waals surface area contributed by atoms with Gasteiger partial charge in [-0.1, -0.05) is 36.4 Å². The molecule has 0 saturated heterocycles. The average molecular weight is 312 g/mol. The maximum absolute atomic E-state index is 11.2. The first kappa shape index (κ1) is 16.4. The van der Waals surface area contributed by atoms with Crippen LogP contribution in [0.15, 0.2) is 42.5 Å². The topological polar surface area (TPSA) is 97.7 Å². The Balaban J connectivity index is 0.00000180. The molecule has 0 aliphatic carbocycles. The van der Waals surface area contributed by atoms with Crippen LogP contribution in [0.5, 0.6) is 5.75 Å². The molecule has 0 spiro atoms. The van der Waals surface area contributed by atoms with Gasteiger partial charge in [-0.15, -0.1) is 0 Å². The summed E-state index contributed by atoms with van der Waals surface area (Å²) in [4.78, 5) is 0. The van der Waals surface area contributed by atoms with Crippen molar-refractivity contribution in [3.8, 4) is 5.75 Å². The van der Waals surface area contributed by atoms with Crippen LogP contribution in [0.3, 0.4) is 0 Å². The second-order valence-corrected chi connectivity index (χ2v) is 7.72. The Hall–Kier alpha value is -0.640. The third-order valence-corrected chi connectivity index (χ3v) is 4.85. The van der Waals surface area contributed by atoms with Crippen molar-refractivity contribution in [2.75, 3.05) is 0 Å². The standard InChI is InChI=1S/C10H8O6S2.Na.H/c11-17(12,13)18(14,15)16-10-7-3-5-8-4-1-2-6-9(8)10;;/h1-7H,(H,11,12,13);;. The minimum absolute atomic E-state index is 0. The summed E-state index contributed by atoms with van der Waals surface area (Å²) in [5.41, 5.74) is 0. The molecule has 0 radical (unpaired) electrons. The van der Waals surface area contributed by atoms with Gasteiger partial charge in [-0.25, -0.2) is 0 Å². The summed E-state index contributed by atoms with van der Waals surface area (Å²) in [6.07, 6.45) is 0. The van der Waals surface area contributed by atoms with Gasteiger partial charge in [0.1, 0.15) is 0 Å². The Morgan fingerprint density at radius 1 is 0.895 bits per heavy atom. The van der Waals surface area contributed by atoms with Gasteiger partial charge in [0.2, 0.25) is 0 Å². The van der Waals surface area contributed by atoms with Gasteiger partial charge in [-0.2, -0.15) is 16.8 Å². The van der Waals surface area contributed by atoms with Crippen LogP contribution in [0.25, 0.3) is 10.8 Å². The molecule has 0 amide bonds. The SMILES string of the molecule is O=S(=O)(O)S(=O)(=O)Oc1cccc2ccccc12.[NaH]. The summed E-state index contributed by atoms with van der Waals surface area (Å²) < 4.78 is 56.6. The monoisotopic (exact) mass is 312 g/mol. The molecule has 2 rings (SSSR count). The Labute approximate surface area is 132 Å². The van der Waals surface area contributed by atoms with Crippen LogP contribution in [0, 0.1) is 0 Å². The summed E-state index contributed by atoms with van der Waals surface area (Å²) in [6.45, 7) is 0. The fraction of sp³-hybridized carbons (Fsp3) is 0. The molecule has 1 N–H and O–H groups in total. The zero-order valence-corrected chi connectivity index (χ0v) is 10.5. The molecule has 0 fully saturated rings. The normalized spacial score (nSPS) is 11.8. The molecule has 2 aromatic rings. The zero-order chi connectivity index (χ0) is 13.4. The molecule has 0 heterocycles. The molecule has 2 aromatic carbocycles. The van der Waals surface area contributed by atoms with Crippen molar-refractivity contribution in [1.82, 2.24) is 0 Å². The molecule has 9 heteroatoms. The van der Waals surface area contributed by atoms with E-state index < -0.39 is 18.3 Å². The van der Waals surface area contributed by atoms with Gasteiger partial charge in [0.15, 0.2) is 5.75 Å². The predicted octanol–water partition coefficient (Wildman–Crippen LogP) is 0.703. The molecule has 0 bridgehead atoms. The van der Waals surface area contributed by atoms with E-state index in [2.05, 4.69) is 4.18 Å². The fourth-order valence-electron chi connectivity index (χ4n) is 1.42. The van der Waals surface area contributed by atoms with E-state index in [4.69, 9.17) is 4.55 Å². The second-order valence-electron chi connectivity index (χ2n) is 3.40. The first-order valence-corrected chi connectivity index (χ1v) is 8.07. The molecule has 0 aliphatic rings. The van der Waals surface area contributed by atoms with E-state index in [1.54, 1.807) is 30.3 Å². The van der Waals surface area contributed by atoms with E-state index in [0.29, 0.717) is 10.8 Å². The molecule has 6 nitrogen and oxygen atoms in total. The van der Waals surface area contributed by atoms with Gasteiger partial charge >= 0.3 is 47.9 Å². The molecule has 0 atom stereocenters. The maximum atomic E-state index is 11.2. The number of fused-ring (bicyclic) bond motifs is 1. The molecular weight excluding hydrogens is 303 g/mol. The van der Waals surface area contributed by atoms with Crippen molar-refractivity contribution in [3.05, 3.63) is 42.5 Å². The van der Waals surface area contributed by atoms with Crippen LogP contribution < -0.4 is 4.18 Å². The van der Waals surface area contributed by atoms with Gasteiger partial charge in [0.05, 0.1) is 0 Å². The first-order chi connectivity index (χ1) is 8.31. The van der Waals surface area contributed by atoms with Crippen LogP contribution in [0.1, 0.15) is 0 Å². The van der Waals surface area contributed by atoms with Gasteiger partial charge in [0.25, 0.3) is 0 Å². The van der Waals surface area contributed by atoms with E-state index in [1.807, 2.05) is 0 Å². The van der Waals surface area contributed by atoms with Crippen molar-refractivity contribution in [2.24, 2.45) is 0 Å². The third-order valence-electron chi connectivity index (χ3n) is 2.20. The van der Waals surface area contributed by atoms with Crippen LogP contribution in [-0.4, -0.2) is 50.9 Å². The summed E-state index contributed by atoms with van der Waals surface area (Å²) in [5.74, 6) is -0.161. The third kappa shape index (κ3) is 3.47. The molecule has 0 aromatic heterocycles. The molecule has 19 heavy (non-hydrogen) atoms. The molecule has 98 valence electrons. The van der Waals surface area contributed by atoms with E-state index in [0.717, 1.165) is 0 Å². The number of benzene rings is 2. The van der Waals surface area contributed by atoms with Crippen LogP contribution >= 0.6 is 0 Å². The number of rotatable bonds is 3. The molecule has 0 unspecified atom stereocenters.